The molecule has 0 unspecified atom stereocenters. The summed E-state index contributed by atoms with van der Waals surface area (Å²) in [6.45, 7) is 4.30. The first-order valence-electron chi connectivity index (χ1n) is 10.2. The molecule has 0 radical (unpaired) electrons. The van der Waals surface area contributed by atoms with Crippen molar-refractivity contribution >= 4 is 23.3 Å². The highest BCUT2D eigenvalue weighted by atomic mass is 35.5. The Morgan fingerprint density at radius 1 is 1.03 bits per heavy atom. The van der Waals surface area contributed by atoms with Crippen LogP contribution in [0.5, 0.6) is 0 Å². The Bertz CT molecular complexity index is 1210. The number of hydrogen-bond acceptors (Lipinski definition) is 3. The molecule has 1 heterocycles. The number of carbonyl (C=O) groups is 2. The Kier molecular flexibility index (Phi) is 5.54. The number of fused-ring (bicyclic) bond motifs is 1. The molecular weight excluding hydrogens is 412 g/mol. The molecular formula is C25H23ClN2O3. The van der Waals surface area contributed by atoms with Crippen molar-refractivity contribution in [3.05, 3.63) is 98.4 Å². The van der Waals surface area contributed by atoms with E-state index in [1.165, 1.54) is 10.6 Å². The molecule has 4 rings (SSSR count). The minimum atomic E-state index is -0.503. The molecule has 6 heteroatoms. The van der Waals surface area contributed by atoms with E-state index >= 15 is 0 Å². The molecule has 1 aliphatic rings. The predicted octanol–water partition coefficient (Wildman–Crippen LogP) is 4.58. The Labute approximate surface area is 185 Å². The third-order valence-electron chi connectivity index (χ3n) is 5.51. The molecule has 2 aromatic carbocycles. The molecule has 0 spiro atoms. The number of hydrogen-bond donors (Lipinski definition) is 1. The maximum Gasteiger partial charge on any atom is 0.268 e. The summed E-state index contributed by atoms with van der Waals surface area (Å²) in [7, 11) is 0. The van der Waals surface area contributed by atoms with Gasteiger partial charge in [-0.3, -0.25) is 19.0 Å². The zero-order valence-electron chi connectivity index (χ0n) is 17.4. The second kappa shape index (κ2) is 8.16. The molecule has 1 aromatic heterocycles. The lowest BCUT2D eigenvalue weighted by Crippen LogP contribution is -2.38. The quantitative estimate of drug-likeness (QED) is 0.653. The molecule has 31 heavy (non-hydrogen) atoms. The van der Waals surface area contributed by atoms with Crippen molar-refractivity contribution in [1.29, 1.82) is 0 Å². The van der Waals surface area contributed by atoms with Crippen LogP contribution in [0.2, 0.25) is 5.02 Å². The zero-order valence-corrected chi connectivity index (χ0v) is 18.2. The molecule has 158 valence electrons. The molecule has 5 nitrogen and oxygen atoms in total. The van der Waals surface area contributed by atoms with Crippen LogP contribution >= 0.6 is 11.6 Å². The van der Waals surface area contributed by atoms with E-state index in [4.69, 9.17) is 11.6 Å². The van der Waals surface area contributed by atoms with E-state index in [0.717, 1.165) is 5.56 Å². The molecule has 3 aromatic rings. The molecule has 1 amide bonds. The SMILES string of the molecule is CC1(C)CC(=O)c2cc(C(=O)NCc3ccccc3)c(=O)n(-c3ccc(Cl)cc3)c2C1. The molecule has 0 aliphatic heterocycles. The summed E-state index contributed by atoms with van der Waals surface area (Å²) < 4.78 is 1.49. The van der Waals surface area contributed by atoms with Gasteiger partial charge in [-0.2, -0.15) is 0 Å². The maximum atomic E-state index is 13.5. The van der Waals surface area contributed by atoms with Crippen LogP contribution in [0.25, 0.3) is 5.69 Å². The number of benzene rings is 2. The molecule has 0 saturated carbocycles. The predicted molar refractivity (Wildman–Crippen MR) is 121 cm³/mol. The fourth-order valence-electron chi connectivity index (χ4n) is 4.01. The van der Waals surface area contributed by atoms with Gasteiger partial charge in [-0.25, -0.2) is 0 Å². The third-order valence-corrected chi connectivity index (χ3v) is 5.77. The fourth-order valence-corrected chi connectivity index (χ4v) is 4.14. The Balaban J connectivity index is 1.82. The molecule has 0 fully saturated rings. The number of ketones is 1. The van der Waals surface area contributed by atoms with Crippen LogP contribution in [0.3, 0.4) is 0 Å². The molecule has 1 N–H and O–H groups in total. The van der Waals surface area contributed by atoms with Crippen LogP contribution in [0.15, 0.2) is 65.5 Å². The average Bonchev–Trinajstić information content (AvgIpc) is 2.73. The monoisotopic (exact) mass is 434 g/mol. The van der Waals surface area contributed by atoms with Crippen LogP contribution in [-0.2, 0) is 13.0 Å². The van der Waals surface area contributed by atoms with Gasteiger partial charge in [0, 0.05) is 34.9 Å². The van der Waals surface area contributed by atoms with E-state index in [2.05, 4.69) is 5.32 Å². The van der Waals surface area contributed by atoms with Crippen molar-refractivity contribution in [2.24, 2.45) is 5.41 Å². The van der Waals surface area contributed by atoms with Gasteiger partial charge in [-0.05, 0) is 47.7 Å². The number of nitrogens with one attached hydrogen (secondary N) is 1. The lowest BCUT2D eigenvalue weighted by Gasteiger charge is -2.32. The molecule has 0 saturated heterocycles. The van der Waals surface area contributed by atoms with Crippen LogP contribution in [0.1, 0.15) is 52.2 Å². The van der Waals surface area contributed by atoms with Gasteiger partial charge in [0.05, 0.1) is 0 Å². The Morgan fingerprint density at radius 2 is 1.71 bits per heavy atom. The number of amides is 1. The van der Waals surface area contributed by atoms with Crippen molar-refractivity contribution in [3.8, 4) is 5.69 Å². The number of carbonyl (C=O) groups excluding carboxylic acids is 2. The number of Topliss-reactive ketones (excluding diaryl/α,β-unsaturated/α-hetero) is 1. The number of pyridine rings is 1. The smallest absolute Gasteiger partial charge is 0.268 e. The largest absolute Gasteiger partial charge is 0.348 e. The van der Waals surface area contributed by atoms with Crippen LogP contribution < -0.4 is 10.9 Å². The highest BCUT2D eigenvalue weighted by molar-refractivity contribution is 6.30. The van der Waals surface area contributed by atoms with Gasteiger partial charge >= 0.3 is 0 Å². The summed E-state index contributed by atoms with van der Waals surface area (Å²) in [6, 6.07) is 17.7. The van der Waals surface area contributed by atoms with Crippen LogP contribution in [0, 0.1) is 5.41 Å². The molecule has 0 bridgehead atoms. The van der Waals surface area contributed by atoms with Crippen molar-refractivity contribution in [2.45, 2.75) is 33.2 Å². The van der Waals surface area contributed by atoms with Crippen molar-refractivity contribution < 1.29 is 9.59 Å². The van der Waals surface area contributed by atoms with Gasteiger partial charge in [0.1, 0.15) is 5.56 Å². The Morgan fingerprint density at radius 3 is 2.39 bits per heavy atom. The van der Waals surface area contributed by atoms with Crippen LogP contribution in [-0.4, -0.2) is 16.3 Å². The summed E-state index contributed by atoms with van der Waals surface area (Å²) >= 11 is 6.03. The number of aromatic nitrogens is 1. The first kappa shape index (κ1) is 21.1. The normalized spacial score (nSPS) is 14.7. The number of nitrogens with zero attached hydrogens (tertiary/aromatic N) is 1. The van der Waals surface area contributed by atoms with Crippen LogP contribution in [0.4, 0.5) is 0 Å². The maximum absolute atomic E-state index is 13.5. The van der Waals surface area contributed by atoms with Gasteiger partial charge in [-0.15, -0.1) is 0 Å². The second-order valence-corrected chi connectivity index (χ2v) is 9.08. The fraction of sp³-hybridized carbons (Fsp3) is 0.240. The van der Waals surface area contributed by atoms with Gasteiger partial charge < -0.3 is 5.32 Å². The van der Waals surface area contributed by atoms with Gasteiger partial charge in [0.2, 0.25) is 0 Å². The Hall–Kier alpha value is -3.18. The van der Waals surface area contributed by atoms with E-state index in [-0.39, 0.29) is 23.3 Å². The average molecular weight is 435 g/mol. The van der Waals surface area contributed by atoms with E-state index in [1.54, 1.807) is 24.3 Å². The summed E-state index contributed by atoms with van der Waals surface area (Å²) in [5.74, 6) is -0.567. The summed E-state index contributed by atoms with van der Waals surface area (Å²) in [5, 5.41) is 3.34. The number of halogens is 1. The van der Waals surface area contributed by atoms with Crippen molar-refractivity contribution in [3.63, 3.8) is 0 Å². The van der Waals surface area contributed by atoms with Gasteiger partial charge in [-0.1, -0.05) is 55.8 Å². The van der Waals surface area contributed by atoms with Gasteiger partial charge in [0.15, 0.2) is 5.78 Å². The highest BCUT2D eigenvalue weighted by Crippen LogP contribution is 2.35. The molecule has 1 aliphatic carbocycles. The van der Waals surface area contributed by atoms with E-state index in [0.29, 0.717) is 34.8 Å². The minimum Gasteiger partial charge on any atom is -0.348 e. The van der Waals surface area contributed by atoms with E-state index < -0.39 is 11.5 Å². The highest BCUT2D eigenvalue weighted by Gasteiger charge is 2.35. The van der Waals surface area contributed by atoms with Crippen molar-refractivity contribution in [1.82, 2.24) is 9.88 Å². The first-order chi connectivity index (χ1) is 14.7. The van der Waals surface area contributed by atoms with E-state index in [9.17, 15) is 14.4 Å². The van der Waals surface area contributed by atoms with Gasteiger partial charge in [0.25, 0.3) is 11.5 Å². The summed E-state index contributed by atoms with van der Waals surface area (Å²) in [5.41, 5.74) is 1.79. The van der Waals surface area contributed by atoms with E-state index in [1.807, 2.05) is 44.2 Å². The lowest BCUT2D eigenvalue weighted by atomic mass is 9.75. The molecule has 0 atom stereocenters. The summed E-state index contributed by atoms with van der Waals surface area (Å²) in [4.78, 5) is 39.3. The zero-order chi connectivity index (χ0) is 22.2. The standard InChI is InChI=1S/C25H23ClN2O3/c1-25(2)13-21-19(22(29)14-25)12-20(23(30)27-15-16-6-4-3-5-7-16)24(31)28(21)18-10-8-17(26)9-11-18/h3-12H,13-15H2,1-2H3,(H,27,30). The lowest BCUT2D eigenvalue weighted by molar-refractivity contribution is 0.0908. The summed E-state index contributed by atoms with van der Waals surface area (Å²) in [6.07, 6.45) is 0.918. The topological polar surface area (TPSA) is 68.2 Å². The van der Waals surface area contributed by atoms with Crippen molar-refractivity contribution in [2.75, 3.05) is 0 Å². The minimum absolute atomic E-state index is 0.0438. The third kappa shape index (κ3) is 4.32. The first-order valence-corrected chi connectivity index (χ1v) is 10.5. The number of rotatable bonds is 4. The second-order valence-electron chi connectivity index (χ2n) is 8.64.